The molecule has 2 aromatic carbocycles. The Hall–Kier alpha value is -1.16. The van der Waals surface area contributed by atoms with Crippen LogP contribution in [0.5, 0.6) is 5.75 Å². The molecule has 116 valence electrons. The molecule has 2 aromatic rings. The summed E-state index contributed by atoms with van der Waals surface area (Å²) in [5.41, 5.74) is 6.70. The van der Waals surface area contributed by atoms with Gasteiger partial charge in [-0.3, -0.25) is 4.55 Å². The van der Waals surface area contributed by atoms with Gasteiger partial charge in [-0.1, -0.05) is 17.4 Å². The molecule has 2 rings (SSSR count). The average molecular weight is 364 g/mol. The molecule has 0 spiro atoms. The summed E-state index contributed by atoms with van der Waals surface area (Å²) in [6.45, 7) is 1.70. The first kappa shape index (κ1) is 19.9. The molecule has 0 heterocycles. The van der Waals surface area contributed by atoms with Gasteiger partial charge >= 0.3 is 29.6 Å². The van der Waals surface area contributed by atoms with E-state index in [0.29, 0.717) is 11.3 Å². The quantitative estimate of drug-likeness (QED) is 0.342. The number of hydrogen-bond donors (Lipinski definition) is 2. The molecule has 0 aromatic heterocycles. The van der Waals surface area contributed by atoms with Gasteiger partial charge in [0.15, 0.2) is 0 Å². The Morgan fingerprint density at radius 2 is 1.87 bits per heavy atom. The minimum Gasteiger partial charge on any atom is -0.871 e. The fourth-order valence-electron chi connectivity index (χ4n) is 1.67. The number of rotatable bonds is 3. The summed E-state index contributed by atoms with van der Waals surface area (Å²) in [5, 5.41) is 19.1. The predicted octanol–water partition coefficient (Wildman–Crippen LogP) is -0.0297. The molecule has 7 nitrogen and oxygen atoms in total. The third-order valence-electron chi connectivity index (χ3n) is 2.79. The number of azo groups is 1. The van der Waals surface area contributed by atoms with Crippen LogP contribution >= 0.6 is 11.6 Å². The van der Waals surface area contributed by atoms with E-state index in [1.54, 1.807) is 6.92 Å². The third-order valence-corrected chi connectivity index (χ3v) is 4.13. The second-order valence-electron chi connectivity index (χ2n) is 4.47. The van der Waals surface area contributed by atoms with E-state index in [1.165, 1.54) is 24.3 Å². The van der Waals surface area contributed by atoms with Gasteiger partial charge in [0, 0.05) is 5.69 Å². The maximum Gasteiger partial charge on any atom is 1.00 e. The van der Waals surface area contributed by atoms with Crippen molar-refractivity contribution in [3.05, 3.63) is 40.9 Å². The first-order valence-electron chi connectivity index (χ1n) is 5.94. The van der Waals surface area contributed by atoms with E-state index in [-0.39, 0.29) is 51.7 Å². The smallest absolute Gasteiger partial charge is 0.871 e. The molecule has 0 radical (unpaired) electrons. The minimum atomic E-state index is -4.46. The van der Waals surface area contributed by atoms with Crippen molar-refractivity contribution in [3.8, 4) is 5.75 Å². The van der Waals surface area contributed by atoms with Crippen molar-refractivity contribution in [2.24, 2.45) is 10.2 Å². The average Bonchev–Trinajstić information content (AvgIpc) is 2.41. The van der Waals surface area contributed by atoms with E-state index in [9.17, 15) is 13.5 Å². The van der Waals surface area contributed by atoms with Crippen molar-refractivity contribution in [2.45, 2.75) is 11.8 Å². The van der Waals surface area contributed by atoms with Gasteiger partial charge < -0.3 is 10.8 Å². The van der Waals surface area contributed by atoms with E-state index in [0.717, 1.165) is 6.07 Å². The van der Waals surface area contributed by atoms with E-state index in [1.807, 2.05) is 0 Å². The molecule has 0 amide bonds. The van der Waals surface area contributed by atoms with Crippen LogP contribution in [0.3, 0.4) is 0 Å². The molecule has 0 unspecified atom stereocenters. The van der Waals surface area contributed by atoms with Crippen molar-refractivity contribution in [1.82, 2.24) is 0 Å². The molecule has 0 fully saturated rings. The molecule has 0 saturated carbocycles. The molecule has 0 bridgehead atoms. The van der Waals surface area contributed by atoms with Crippen LogP contribution in [0.2, 0.25) is 5.02 Å². The van der Waals surface area contributed by atoms with Crippen LogP contribution in [-0.4, -0.2) is 13.0 Å². The van der Waals surface area contributed by atoms with Crippen LogP contribution in [-0.2, 0) is 10.1 Å². The molecule has 10 heteroatoms. The Morgan fingerprint density at radius 1 is 1.22 bits per heavy atom. The van der Waals surface area contributed by atoms with Crippen molar-refractivity contribution >= 4 is 38.8 Å². The van der Waals surface area contributed by atoms with Crippen molar-refractivity contribution in [3.63, 3.8) is 0 Å². The molecule has 23 heavy (non-hydrogen) atoms. The normalized spacial score (nSPS) is 11.4. The van der Waals surface area contributed by atoms with Crippen molar-refractivity contribution in [1.29, 1.82) is 0 Å². The largest absolute Gasteiger partial charge is 1.00 e. The van der Waals surface area contributed by atoms with Crippen LogP contribution in [0.1, 0.15) is 5.56 Å². The zero-order valence-corrected chi connectivity index (χ0v) is 15.9. The van der Waals surface area contributed by atoms with Crippen LogP contribution < -0.4 is 40.4 Å². The van der Waals surface area contributed by atoms with E-state index in [4.69, 9.17) is 21.9 Å². The molecule has 0 aliphatic heterocycles. The second kappa shape index (κ2) is 7.61. The summed E-state index contributed by atoms with van der Waals surface area (Å²) >= 11 is 5.69. The Bertz CT molecular complexity index is 872. The zero-order valence-electron chi connectivity index (χ0n) is 12.3. The topological polar surface area (TPSA) is 128 Å². The Labute approximate surface area is 160 Å². The molecule has 0 aliphatic carbocycles. The van der Waals surface area contributed by atoms with E-state index in [2.05, 4.69) is 10.2 Å². The number of hydrogen-bond acceptors (Lipinski definition) is 6. The number of benzene rings is 2. The maximum absolute atomic E-state index is 11.5. The monoisotopic (exact) mass is 363 g/mol. The number of aryl methyl sites for hydroxylation is 1. The van der Waals surface area contributed by atoms with Crippen LogP contribution in [0.4, 0.5) is 17.1 Å². The molecule has 0 saturated heterocycles. The van der Waals surface area contributed by atoms with Crippen LogP contribution in [0.15, 0.2) is 45.5 Å². The Balaban J connectivity index is 0.00000264. The van der Waals surface area contributed by atoms with Gasteiger partial charge in [0.1, 0.15) is 4.90 Å². The second-order valence-corrected chi connectivity index (χ2v) is 6.26. The number of halogens is 1. The molecular formula is C13H11ClN3NaO4S. The Morgan fingerprint density at radius 3 is 2.48 bits per heavy atom. The molecular weight excluding hydrogens is 353 g/mol. The number of nitrogens with two attached hydrogens (primary N) is 1. The summed E-state index contributed by atoms with van der Waals surface area (Å²) in [6, 6.07) is 6.47. The Kier molecular flexibility index (Phi) is 6.58. The number of nitrogen functional groups attached to an aromatic ring is 1. The van der Waals surface area contributed by atoms with Crippen LogP contribution in [0, 0.1) is 6.92 Å². The summed E-state index contributed by atoms with van der Waals surface area (Å²) in [6.07, 6.45) is 0. The van der Waals surface area contributed by atoms with Crippen LogP contribution in [0.25, 0.3) is 0 Å². The fraction of sp³-hybridized carbons (Fsp3) is 0.0769. The SMILES string of the molecule is Cc1cc(N)c([O-])cc1N=Nc1ccc(Cl)c(S(=O)(=O)O)c1.[Na+]. The van der Waals surface area contributed by atoms with Crippen molar-refractivity contribution in [2.75, 3.05) is 5.73 Å². The summed E-state index contributed by atoms with van der Waals surface area (Å²) in [7, 11) is -4.46. The predicted molar refractivity (Wildman–Crippen MR) is 80.5 cm³/mol. The maximum atomic E-state index is 11.5. The van der Waals surface area contributed by atoms with Gasteiger partial charge in [-0.25, -0.2) is 0 Å². The number of anilines is 1. The van der Waals surface area contributed by atoms with Gasteiger partial charge in [-0.2, -0.15) is 18.6 Å². The van der Waals surface area contributed by atoms with Gasteiger partial charge in [0.25, 0.3) is 10.1 Å². The van der Waals surface area contributed by atoms with Gasteiger partial charge in [0.05, 0.1) is 16.4 Å². The molecule has 0 aliphatic rings. The molecule has 3 N–H and O–H groups in total. The summed E-state index contributed by atoms with van der Waals surface area (Å²) < 4.78 is 31.4. The fourth-order valence-corrected chi connectivity index (χ4v) is 2.67. The first-order valence-corrected chi connectivity index (χ1v) is 7.76. The van der Waals surface area contributed by atoms with E-state index < -0.39 is 15.0 Å². The standard InChI is InChI=1S/C13H12ClN3O4S.Na/c1-7-4-10(15)12(18)6-11(7)17-16-8-2-3-9(14)13(5-8)22(19,20)21;/h2-6,18H,15H2,1H3,(H,19,20,21);/q;+1/p-1. The third kappa shape index (κ3) is 4.90. The molecule has 0 atom stereocenters. The minimum absolute atomic E-state index is 0. The van der Waals surface area contributed by atoms with E-state index >= 15 is 0 Å². The zero-order chi connectivity index (χ0) is 16.5. The van der Waals surface area contributed by atoms with Gasteiger partial charge in [-0.05, 0) is 42.8 Å². The number of nitrogens with zero attached hydrogens (tertiary/aromatic N) is 2. The first-order chi connectivity index (χ1) is 10.2. The van der Waals surface area contributed by atoms with Crippen molar-refractivity contribution < 1.29 is 47.6 Å². The summed E-state index contributed by atoms with van der Waals surface area (Å²) in [4.78, 5) is -0.468. The summed E-state index contributed by atoms with van der Waals surface area (Å²) in [5.74, 6) is -0.380. The van der Waals surface area contributed by atoms with Gasteiger partial charge in [-0.15, -0.1) is 0 Å². The van der Waals surface area contributed by atoms with Gasteiger partial charge in [0.2, 0.25) is 0 Å².